The standard InChI is InChI=1S/2C11H18O4.Ba.2H/c2*1-10(2,3)7(12)8(13)15-9(14)11(4,5)6;;;/h2*1-6H3;;;/q;;+2;2*-1. The Labute approximate surface area is 228 Å². The summed E-state index contributed by atoms with van der Waals surface area (Å²) in [4.78, 5) is 67.9. The largest absolute Gasteiger partial charge is 2.00 e. The minimum Gasteiger partial charge on any atom is -1.00 e. The summed E-state index contributed by atoms with van der Waals surface area (Å²) in [5, 5.41) is 0. The fourth-order valence-corrected chi connectivity index (χ4v) is 1.18. The Morgan fingerprint density at radius 1 is 0.452 bits per heavy atom. The van der Waals surface area contributed by atoms with E-state index < -0.39 is 57.1 Å². The molecule has 0 saturated heterocycles. The zero-order valence-corrected chi connectivity index (χ0v) is 25.4. The monoisotopic (exact) mass is 568 g/mol. The number of carbonyl (C=O) groups is 6. The average molecular weight is 568 g/mol. The van der Waals surface area contributed by atoms with Gasteiger partial charge in [-0.2, -0.15) is 0 Å². The molecule has 0 spiro atoms. The number of carbonyl (C=O) groups excluding carboxylic acids is 6. The van der Waals surface area contributed by atoms with Gasteiger partial charge in [-0.05, 0) is 41.5 Å². The molecule has 0 heterocycles. The molecule has 0 fully saturated rings. The van der Waals surface area contributed by atoms with E-state index in [2.05, 4.69) is 9.47 Å². The van der Waals surface area contributed by atoms with Gasteiger partial charge in [-0.15, -0.1) is 0 Å². The summed E-state index contributed by atoms with van der Waals surface area (Å²) in [6.45, 7) is 19.3. The predicted molar refractivity (Wildman–Crippen MR) is 118 cm³/mol. The van der Waals surface area contributed by atoms with Crippen LogP contribution in [0.3, 0.4) is 0 Å². The van der Waals surface area contributed by atoms with Crippen molar-refractivity contribution in [1.29, 1.82) is 0 Å². The van der Waals surface area contributed by atoms with Crippen LogP contribution < -0.4 is 0 Å². The topological polar surface area (TPSA) is 121 Å². The first-order valence-corrected chi connectivity index (χ1v) is 9.54. The first kappa shape index (κ1) is 34.8. The average Bonchev–Trinajstić information content (AvgIpc) is 2.50. The van der Waals surface area contributed by atoms with Crippen molar-refractivity contribution in [3.63, 3.8) is 0 Å². The van der Waals surface area contributed by atoms with E-state index in [-0.39, 0.29) is 51.7 Å². The second-order valence-electron chi connectivity index (χ2n) is 11.0. The molecule has 0 aliphatic heterocycles. The van der Waals surface area contributed by atoms with Gasteiger partial charge in [0.05, 0.1) is 10.8 Å². The number of Topliss-reactive ketones (excluding diaryl/α,β-unsaturated/α-hetero) is 2. The van der Waals surface area contributed by atoms with Gasteiger partial charge in [0.2, 0.25) is 11.6 Å². The summed E-state index contributed by atoms with van der Waals surface area (Å²) in [5.41, 5.74) is -3.22. The third-order valence-corrected chi connectivity index (χ3v) is 3.33. The van der Waals surface area contributed by atoms with Crippen molar-refractivity contribution in [3.8, 4) is 0 Å². The van der Waals surface area contributed by atoms with E-state index in [1.807, 2.05) is 0 Å². The number of ether oxygens (including phenoxy) is 2. The minimum atomic E-state index is -1.08. The summed E-state index contributed by atoms with van der Waals surface area (Å²) < 4.78 is 8.95. The molecule has 0 aromatic carbocycles. The molecule has 9 heteroatoms. The predicted octanol–water partition coefficient (Wildman–Crippen LogP) is 3.28. The van der Waals surface area contributed by atoms with Crippen molar-refractivity contribution >= 4 is 84.3 Å². The van der Waals surface area contributed by atoms with Crippen molar-refractivity contribution in [3.05, 3.63) is 0 Å². The van der Waals surface area contributed by atoms with E-state index in [4.69, 9.17) is 0 Å². The van der Waals surface area contributed by atoms with Gasteiger partial charge in [0, 0.05) is 10.8 Å². The van der Waals surface area contributed by atoms with E-state index in [1.54, 1.807) is 83.1 Å². The van der Waals surface area contributed by atoms with Crippen LogP contribution in [0, 0.1) is 21.7 Å². The molecule has 176 valence electrons. The number of hydrogen-bond donors (Lipinski definition) is 0. The molecular formula is C22H38BaO8. The summed E-state index contributed by atoms with van der Waals surface area (Å²) >= 11 is 0. The quantitative estimate of drug-likeness (QED) is 0.216. The van der Waals surface area contributed by atoms with Crippen molar-refractivity contribution < 1.29 is 41.1 Å². The van der Waals surface area contributed by atoms with Crippen LogP contribution in [-0.4, -0.2) is 84.3 Å². The van der Waals surface area contributed by atoms with Crippen LogP contribution in [0.2, 0.25) is 0 Å². The molecule has 0 unspecified atom stereocenters. The van der Waals surface area contributed by atoms with Gasteiger partial charge < -0.3 is 12.3 Å². The molecule has 0 aromatic rings. The second-order valence-corrected chi connectivity index (χ2v) is 11.0. The maximum Gasteiger partial charge on any atom is 2.00 e. The van der Waals surface area contributed by atoms with Gasteiger partial charge in [-0.3, -0.25) is 19.2 Å². The Kier molecular flexibility index (Phi) is 14.0. The van der Waals surface area contributed by atoms with E-state index in [0.717, 1.165) is 0 Å². The third-order valence-electron chi connectivity index (χ3n) is 3.33. The van der Waals surface area contributed by atoms with Gasteiger partial charge in [0.15, 0.2) is 0 Å². The molecule has 0 rings (SSSR count). The maximum atomic E-state index is 11.4. The summed E-state index contributed by atoms with van der Waals surface area (Å²) in [6, 6.07) is 0. The normalized spacial score (nSPS) is 11.7. The van der Waals surface area contributed by atoms with Crippen LogP contribution in [0.1, 0.15) is 85.9 Å². The van der Waals surface area contributed by atoms with Crippen molar-refractivity contribution in [2.45, 2.75) is 83.1 Å². The van der Waals surface area contributed by atoms with Crippen LogP contribution in [0.4, 0.5) is 0 Å². The van der Waals surface area contributed by atoms with E-state index in [0.29, 0.717) is 0 Å². The SMILES string of the molecule is CC(C)(C)C(=O)OC(=O)C(=O)C(C)(C)C.CC(C)(C)C(=O)OC(=O)C(=O)C(C)(C)C.[Ba+2].[H-].[H-]. The first-order valence-electron chi connectivity index (χ1n) is 9.54. The molecule has 8 nitrogen and oxygen atoms in total. The number of hydrogen-bond acceptors (Lipinski definition) is 8. The van der Waals surface area contributed by atoms with Crippen molar-refractivity contribution in [2.75, 3.05) is 0 Å². The Hall–Kier alpha value is -0.809. The van der Waals surface area contributed by atoms with Crippen LogP contribution in [0.15, 0.2) is 0 Å². The van der Waals surface area contributed by atoms with E-state index >= 15 is 0 Å². The zero-order valence-electron chi connectivity index (χ0n) is 23.0. The van der Waals surface area contributed by atoms with Gasteiger partial charge in [0.25, 0.3) is 0 Å². The van der Waals surface area contributed by atoms with Gasteiger partial charge in [0.1, 0.15) is 0 Å². The van der Waals surface area contributed by atoms with Gasteiger partial charge in [-0.25, -0.2) is 9.59 Å². The fraction of sp³-hybridized carbons (Fsp3) is 0.727. The molecule has 0 aliphatic carbocycles. The summed E-state index contributed by atoms with van der Waals surface area (Å²) in [5.74, 6) is -4.93. The smallest absolute Gasteiger partial charge is 1.00 e. The van der Waals surface area contributed by atoms with Crippen LogP contribution >= 0.6 is 0 Å². The minimum absolute atomic E-state index is 0. The van der Waals surface area contributed by atoms with Gasteiger partial charge in [-0.1, -0.05) is 41.5 Å². The summed E-state index contributed by atoms with van der Waals surface area (Å²) in [6.07, 6.45) is 0. The molecule has 0 atom stereocenters. The molecule has 0 aliphatic rings. The first-order chi connectivity index (χ1) is 12.9. The Morgan fingerprint density at radius 2 is 0.645 bits per heavy atom. The Bertz CT molecular complexity index is 657. The van der Waals surface area contributed by atoms with Crippen LogP contribution in [0.5, 0.6) is 0 Å². The fourth-order valence-electron chi connectivity index (χ4n) is 1.18. The number of rotatable bonds is 2. The van der Waals surface area contributed by atoms with Crippen LogP contribution in [0.25, 0.3) is 0 Å². The third kappa shape index (κ3) is 14.1. The maximum absolute atomic E-state index is 11.4. The van der Waals surface area contributed by atoms with Crippen LogP contribution in [-0.2, 0) is 38.2 Å². The summed E-state index contributed by atoms with van der Waals surface area (Å²) in [7, 11) is 0. The Morgan fingerprint density at radius 3 is 0.774 bits per heavy atom. The number of esters is 4. The van der Waals surface area contributed by atoms with Crippen molar-refractivity contribution in [1.82, 2.24) is 0 Å². The van der Waals surface area contributed by atoms with Crippen molar-refractivity contribution in [2.24, 2.45) is 21.7 Å². The molecular weight excluding hydrogens is 530 g/mol. The zero-order chi connectivity index (χ0) is 24.9. The Balaban J connectivity index is -0.000000145. The molecule has 0 aromatic heterocycles. The van der Waals surface area contributed by atoms with Gasteiger partial charge >= 0.3 is 72.8 Å². The van der Waals surface area contributed by atoms with E-state index in [9.17, 15) is 28.8 Å². The molecule has 0 N–H and O–H groups in total. The van der Waals surface area contributed by atoms with E-state index in [1.165, 1.54) is 0 Å². The second kappa shape index (κ2) is 12.4. The molecule has 0 bridgehead atoms. The molecule has 0 saturated carbocycles. The number of ketones is 2. The molecule has 0 radical (unpaired) electrons. The molecule has 0 amide bonds. The molecule has 31 heavy (non-hydrogen) atoms.